The van der Waals surface area contributed by atoms with Crippen LogP contribution in [0.5, 0.6) is 0 Å². The van der Waals surface area contributed by atoms with E-state index in [0.717, 1.165) is 13.1 Å². The Hall–Kier alpha value is -0.570. The molecule has 0 aliphatic rings. The van der Waals surface area contributed by atoms with Crippen molar-refractivity contribution in [2.45, 2.75) is 58.8 Å². The largest absolute Gasteiger partial charge is 0.468 e. The highest BCUT2D eigenvalue weighted by Gasteiger charge is 2.07. The highest BCUT2D eigenvalue weighted by atomic mass is 16.5. The first-order valence-electron chi connectivity index (χ1n) is 7.03. The van der Waals surface area contributed by atoms with Gasteiger partial charge in [-0.15, -0.1) is 0 Å². The molecule has 0 atom stereocenters. The third kappa shape index (κ3) is 10.3. The van der Waals surface area contributed by atoms with Crippen LogP contribution in [0, 0.1) is 0 Å². The molecule has 3 heteroatoms. The summed E-state index contributed by atoms with van der Waals surface area (Å²) in [6.45, 7) is 6.70. The fourth-order valence-corrected chi connectivity index (χ4v) is 1.89. The Kier molecular flexibility index (Phi) is 11.5. The molecule has 0 aliphatic heterocycles. The number of carbonyl (C=O) groups excluding carboxylic acids is 1. The number of esters is 1. The predicted molar refractivity (Wildman–Crippen MR) is 72.1 cm³/mol. The minimum absolute atomic E-state index is 0.130. The van der Waals surface area contributed by atoms with Gasteiger partial charge in [0.2, 0.25) is 0 Å². The molecule has 0 saturated heterocycles. The Morgan fingerprint density at radius 1 is 1.00 bits per heavy atom. The number of unbranched alkanes of at least 4 members (excludes halogenated alkanes) is 6. The molecule has 0 saturated carbocycles. The summed E-state index contributed by atoms with van der Waals surface area (Å²) in [6.07, 6.45) is 9.20. The summed E-state index contributed by atoms with van der Waals surface area (Å²) in [5, 5.41) is 0. The number of hydrogen-bond donors (Lipinski definition) is 0. The van der Waals surface area contributed by atoms with Crippen molar-refractivity contribution in [3.8, 4) is 0 Å². The molecule has 0 heterocycles. The van der Waals surface area contributed by atoms with Gasteiger partial charge in [-0.1, -0.05) is 52.4 Å². The minimum Gasteiger partial charge on any atom is -0.468 e. The molecular formula is C14H29NO2. The lowest BCUT2D eigenvalue weighted by molar-refractivity contribution is -0.141. The zero-order chi connectivity index (χ0) is 12.9. The number of carbonyl (C=O) groups is 1. The molecule has 0 aromatic carbocycles. The van der Waals surface area contributed by atoms with Crippen molar-refractivity contribution in [3.63, 3.8) is 0 Å². The van der Waals surface area contributed by atoms with Crippen LogP contribution < -0.4 is 0 Å². The van der Waals surface area contributed by atoms with Gasteiger partial charge >= 0.3 is 5.97 Å². The normalized spacial score (nSPS) is 10.8. The van der Waals surface area contributed by atoms with E-state index in [4.69, 9.17) is 0 Å². The first kappa shape index (κ1) is 16.4. The summed E-state index contributed by atoms with van der Waals surface area (Å²) in [6, 6.07) is 0. The van der Waals surface area contributed by atoms with E-state index in [1.807, 2.05) is 0 Å². The second-order valence-electron chi connectivity index (χ2n) is 4.57. The van der Waals surface area contributed by atoms with E-state index in [0.29, 0.717) is 6.54 Å². The number of hydrogen-bond acceptors (Lipinski definition) is 3. The van der Waals surface area contributed by atoms with E-state index in [1.165, 1.54) is 52.1 Å². The number of nitrogens with zero attached hydrogens (tertiary/aromatic N) is 1. The number of ether oxygens (including phenoxy) is 1. The van der Waals surface area contributed by atoms with Crippen LogP contribution in [-0.2, 0) is 9.53 Å². The molecule has 0 aromatic rings. The van der Waals surface area contributed by atoms with E-state index < -0.39 is 0 Å². The zero-order valence-corrected chi connectivity index (χ0v) is 11.8. The second kappa shape index (κ2) is 11.9. The summed E-state index contributed by atoms with van der Waals surface area (Å²) in [5.41, 5.74) is 0. The van der Waals surface area contributed by atoms with Crippen LogP contribution >= 0.6 is 0 Å². The third-order valence-corrected chi connectivity index (χ3v) is 3.11. The number of methoxy groups -OCH3 is 1. The van der Waals surface area contributed by atoms with Crippen molar-refractivity contribution in [3.05, 3.63) is 0 Å². The van der Waals surface area contributed by atoms with E-state index in [-0.39, 0.29) is 5.97 Å². The maximum absolute atomic E-state index is 11.1. The first-order chi connectivity index (χ1) is 8.24. The van der Waals surface area contributed by atoms with Crippen LogP contribution in [0.15, 0.2) is 0 Å². The van der Waals surface area contributed by atoms with Crippen molar-refractivity contribution < 1.29 is 9.53 Å². The molecule has 0 spiro atoms. The van der Waals surface area contributed by atoms with Crippen molar-refractivity contribution in [2.75, 3.05) is 26.7 Å². The average molecular weight is 243 g/mol. The summed E-state index contributed by atoms with van der Waals surface area (Å²) < 4.78 is 4.67. The molecule has 0 radical (unpaired) electrons. The minimum atomic E-state index is -0.130. The smallest absolute Gasteiger partial charge is 0.319 e. The van der Waals surface area contributed by atoms with Crippen molar-refractivity contribution >= 4 is 5.97 Å². The van der Waals surface area contributed by atoms with E-state index >= 15 is 0 Å². The zero-order valence-electron chi connectivity index (χ0n) is 11.8. The van der Waals surface area contributed by atoms with E-state index in [1.54, 1.807) is 0 Å². The molecule has 0 fully saturated rings. The molecule has 0 rings (SSSR count). The standard InChI is InChI=1S/C14H29NO2/c1-4-6-7-8-9-10-11-12-15(5-2)13-14(16)17-3/h4-13H2,1-3H3. The van der Waals surface area contributed by atoms with Crippen LogP contribution in [0.4, 0.5) is 0 Å². The number of rotatable bonds is 11. The fraction of sp³-hybridized carbons (Fsp3) is 0.929. The van der Waals surface area contributed by atoms with Crippen LogP contribution in [0.3, 0.4) is 0 Å². The average Bonchev–Trinajstić information content (AvgIpc) is 2.35. The predicted octanol–water partition coefficient (Wildman–Crippen LogP) is 3.23. The highest BCUT2D eigenvalue weighted by molar-refractivity contribution is 5.71. The van der Waals surface area contributed by atoms with Crippen molar-refractivity contribution in [1.82, 2.24) is 4.90 Å². The van der Waals surface area contributed by atoms with Crippen LogP contribution in [0.1, 0.15) is 58.8 Å². The van der Waals surface area contributed by atoms with Crippen molar-refractivity contribution in [2.24, 2.45) is 0 Å². The first-order valence-corrected chi connectivity index (χ1v) is 7.03. The van der Waals surface area contributed by atoms with Gasteiger partial charge in [0.15, 0.2) is 0 Å². The molecule has 102 valence electrons. The highest BCUT2D eigenvalue weighted by Crippen LogP contribution is 2.07. The van der Waals surface area contributed by atoms with E-state index in [2.05, 4.69) is 23.5 Å². The van der Waals surface area contributed by atoms with Gasteiger partial charge in [0.1, 0.15) is 0 Å². The Labute approximate surface area is 107 Å². The molecule has 0 N–H and O–H groups in total. The summed E-state index contributed by atoms with van der Waals surface area (Å²) in [5.74, 6) is -0.130. The van der Waals surface area contributed by atoms with Gasteiger partial charge in [0, 0.05) is 0 Å². The van der Waals surface area contributed by atoms with Gasteiger partial charge in [-0.3, -0.25) is 9.69 Å². The lowest BCUT2D eigenvalue weighted by Crippen LogP contribution is -2.31. The lowest BCUT2D eigenvalue weighted by atomic mass is 10.1. The maximum Gasteiger partial charge on any atom is 0.319 e. The van der Waals surface area contributed by atoms with Gasteiger partial charge in [-0.05, 0) is 19.5 Å². The Bertz CT molecular complexity index is 183. The SMILES string of the molecule is CCCCCCCCCN(CC)CC(=O)OC. The molecule has 0 aromatic heterocycles. The summed E-state index contributed by atoms with van der Waals surface area (Å²) in [4.78, 5) is 13.3. The van der Waals surface area contributed by atoms with Crippen LogP contribution in [0.2, 0.25) is 0 Å². The fourth-order valence-electron chi connectivity index (χ4n) is 1.89. The second-order valence-corrected chi connectivity index (χ2v) is 4.57. The van der Waals surface area contributed by atoms with Gasteiger partial charge in [-0.2, -0.15) is 0 Å². The molecular weight excluding hydrogens is 214 g/mol. The quantitative estimate of drug-likeness (QED) is 0.412. The Morgan fingerprint density at radius 3 is 2.12 bits per heavy atom. The third-order valence-electron chi connectivity index (χ3n) is 3.11. The molecule has 0 aliphatic carbocycles. The molecule has 17 heavy (non-hydrogen) atoms. The maximum atomic E-state index is 11.1. The molecule has 0 unspecified atom stereocenters. The monoisotopic (exact) mass is 243 g/mol. The Morgan fingerprint density at radius 2 is 1.59 bits per heavy atom. The van der Waals surface area contributed by atoms with Crippen LogP contribution in [-0.4, -0.2) is 37.6 Å². The molecule has 0 amide bonds. The topological polar surface area (TPSA) is 29.5 Å². The van der Waals surface area contributed by atoms with Gasteiger partial charge in [-0.25, -0.2) is 0 Å². The molecule has 3 nitrogen and oxygen atoms in total. The Balaban J connectivity index is 3.40. The molecule has 0 bridgehead atoms. The summed E-state index contributed by atoms with van der Waals surface area (Å²) in [7, 11) is 1.45. The van der Waals surface area contributed by atoms with Crippen molar-refractivity contribution in [1.29, 1.82) is 0 Å². The lowest BCUT2D eigenvalue weighted by Gasteiger charge is -2.18. The van der Waals surface area contributed by atoms with Gasteiger partial charge < -0.3 is 4.74 Å². The van der Waals surface area contributed by atoms with Crippen LogP contribution in [0.25, 0.3) is 0 Å². The summed E-state index contributed by atoms with van der Waals surface area (Å²) >= 11 is 0. The van der Waals surface area contributed by atoms with Gasteiger partial charge in [0.05, 0.1) is 13.7 Å². The van der Waals surface area contributed by atoms with Gasteiger partial charge in [0.25, 0.3) is 0 Å². The van der Waals surface area contributed by atoms with E-state index in [9.17, 15) is 4.79 Å². The number of likely N-dealkylation sites (N-methyl/N-ethyl adjacent to an activating group) is 1.